The van der Waals surface area contributed by atoms with Crippen LogP contribution in [0.15, 0.2) is 53.7 Å². The zero-order valence-corrected chi connectivity index (χ0v) is 22.0. The number of aromatic hydroxyl groups is 1. The molecule has 0 bridgehead atoms. The van der Waals surface area contributed by atoms with Crippen LogP contribution in [0.1, 0.15) is 43.9 Å². The number of hydrogen-bond acceptors (Lipinski definition) is 7. The number of nitrogens with zero attached hydrogens (tertiary/aromatic N) is 2. The molecular weight excluding hydrogens is 508 g/mol. The highest BCUT2D eigenvalue weighted by molar-refractivity contribution is 6.32. The van der Waals surface area contributed by atoms with Gasteiger partial charge in [-0.3, -0.25) is 19.5 Å². The number of carbonyl (C=O) groups excluding carboxylic acids is 2. The molecule has 1 saturated heterocycles. The number of phenolic OH excluding ortho intramolecular Hbond substituents is 1. The Hall–Kier alpha value is -3.04. The van der Waals surface area contributed by atoms with Crippen LogP contribution in [0, 0.1) is 17.8 Å². The van der Waals surface area contributed by atoms with E-state index in [-0.39, 0.29) is 37.0 Å². The molecule has 2 amide bonds. The number of pyridine rings is 1. The first kappa shape index (κ1) is 28.0. The molecular formula is C29H33ClN2O6. The monoisotopic (exact) mass is 540 g/mol. The number of halogens is 1. The van der Waals surface area contributed by atoms with Gasteiger partial charge in [-0.25, -0.2) is 0 Å². The van der Waals surface area contributed by atoms with Gasteiger partial charge >= 0.3 is 0 Å². The van der Waals surface area contributed by atoms with Crippen molar-refractivity contribution in [2.45, 2.75) is 38.7 Å². The summed E-state index contributed by atoms with van der Waals surface area (Å²) in [5.74, 6) is -2.68. The summed E-state index contributed by atoms with van der Waals surface area (Å²) in [6.45, 7) is 1.42. The predicted molar refractivity (Wildman–Crippen MR) is 144 cm³/mol. The van der Waals surface area contributed by atoms with Gasteiger partial charge in [-0.15, -0.1) is 0 Å². The van der Waals surface area contributed by atoms with E-state index >= 15 is 0 Å². The fraction of sp³-hybridized carbons (Fsp3) is 0.414. The Morgan fingerprint density at radius 2 is 2.00 bits per heavy atom. The minimum Gasteiger partial charge on any atom is -0.508 e. The molecule has 38 heavy (non-hydrogen) atoms. The van der Waals surface area contributed by atoms with Crippen LogP contribution in [0.3, 0.4) is 0 Å². The van der Waals surface area contributed by atoms with Crippen molar-refractivity contribution in [3.8, 4) is 5.75 Å². The van der Waals surface area contributed by atoms with Crippen LogP contribution >= 0.6 is 11.6 Å². The van der Waals surface area contributed by atoms with Gasteiger partial charge in [0.2, 0.25) is 11.8 Å². The van der Waals surface area contributed by atoms with E-state index in [1.54, 1.807) is 18.3 Å². The average molecular weight is 541 g/mol. The number of likely N-dealkylation sites (tertiary alicyclic amines) is 1. The van der Waals surface area contributed by atoms with Gasteiger partial charge in [0.1, 0.15) is 5.75 Å². The minimum atomic E-state index is -1.05. The van der Waals surface area contributed by atoms with Gasteiger partial charge < -0.3 is 20.4 Å². The molecule has 9 heteroatoms. The van der Waals surface area contributed by atoms with Crippen molar-refractivity contribution in [1.29, 1.82) is 0 Å². The number of aromatic nitrogens is 1. The van der Waals surface area contributed by atoms with Crippen molar-refractivity contribution in [1.82, 2.24) is 9.88 Å². The Balaban J connectivity index is 1.63. The normalized spacial score (nSPS) is 22.7. The summed E-state index contributed by atoms with van der Waals surface area (Å²) in [4.78, 5) is 31.8. The molecule has 1 fully saturated rings. The van der Waals surface area contributed by atoms with Crippen LogP contribution in [0.2, 0.25) is 5.02 Å². The third-order valence-corrected chi connectivity index (χ3v) is 7.79. The summed E-state index contributed by atoms with van der Waals surface area (Å²) in [5, 5.41) is 41.9. The number of amides is 2. The van der Waals surface area contributed by atoms with Crippen molar-refractivity contribution >= 4 is 35.1 Å². The quantitative estimate of drug-likeness (QED) is 0.268. The Kier molecular flexibility index (Phi) is 8.99. The number of carbonyl (C=O) groups is 2. The molecule has 1 aliphatic carbocycles. The Bertz CT molecular complexity index is 1240. The molecule has 1 aromatic carbocycles. The van der Waals surface area contributed by atoms with Crippen LogP contribution in [0.4, 0.5) is 0 Å². The van der Waals surface area contributed by atoms with E-state index in [1.807, 2.05) is 25.1 Å². The third-order valence-electron chi connectivity index (χ3n) is 7.46. The SMILES string of the molecule is CCCN1C(=O)[C@@H]2[C@@H](CC(CO)=C([C@H](O)CC/C(=C/c3ccc(O)cc3Cl)c3ccccn3)[C@@H]2CO)C1=O. The Labute approximate surface area is 226 Å². The van der Waals surface area contributed by atoms with Crippen molar-refractivity contribution in [2.75, 3.05) is 19.8 Å². The molecule has 0 unspecified atom stereocenters. The van der Waals surface area contributed by atoms with Gasteiger partial charge in [0.15, 0.2) is 0 Å². The number of fused-ring (bicyclic) bond motifs is 1. The number of imide groups is 1. The second-order valence-electron chi connectivity index (χ2n) is 9.82. The summed E-state index contributed by atoms with van der Waals surface area (Å²) in [5.41, 5.74) is 3.10. The molecule has 1 aromatic heterocycles. The fourth-order valence-electron chi connectivity index (χ4n) is 5.71. The first-order valence-corrected chi connectivity index (χ1v) is 13.3. The number of phenols is 1. The molecule has 2 aliphatic rings. The molecule has 4 rings (SSSR count). The highest BCUT2D eigenvalue weighted by Crippen LogP contribution is 2.46. The van der Waals surface area contributed by atoms with Gasteiger partial charge in [0, 0.05) is 18.7 Å². The number of aliphatic hydroxyl groups excluding tert-OH is 3. The van der Waals surface area contributed by atoms with Crippen LogP contribution in [-0.4, -0.2) is 68.0 Å². The van der Waals surface area contributed by atoms with Crippen LogP contribution in [0.25, 0.3) is 11.6 Å². The average Bonchev–Trinajstić information content (AvgIpc) is 3.16. The summed E-state index contributed by atoms with van der Waals surface area (Å²) in [6, 6.07) is 10.2. The van der Waals surface area contributed by atoms with Gasteiger partial charge in [-0.05, 0) is 84.4 Å². The van der Waals surface area contributed by atoms with Crippen LogP contribution in [0.5, 0.6) is 5.75 Å². The maximum absolute atomic E-state index is 13.2. The van der Waals surface area contributed by atoms with E-state index in [4.69, 9.17) is 11.6 Å². The summed E-state index contributed by atoms with van der Waals surface area (Å²) >= 11 is 6.33. The lowest BCUT2D eigenvalue weighted by Crippen LogP contribution is -2.39. The first-order valence-electron chi connectivity index (χ1n) is 12.9. The number of benzene rings is 1. The van der Waals surface area contributed by atoms with E-state index in [0.29, 0.717) is 46.8 Å². The van der Waals surface area contributed by atoms with Gasteiger partial charge in [0.25, 0.3) is 0 Å². The molecule has 4 atom stereocenters. The molecule has 0 spiro atoms. The summed E-state index contributed by atoms with van der Waals surface area (Å²) in [6.07, 6.45) is 3.87. The highest BCUT2D eigenvalue weighted by Gasteiger charge is 2.54. The molecule has 0 saturated carbocycles. The lowest BCUT2D eigenvalue weighted by Gasteiger charge is -2.36. The van der Waals surface area contributed by atoms with E-state index in [2.05, 4.69) is 4.98 Å². The van der Waals surface area contributed by atoms with E-state index in [9.17, 15) is 30.0 Å². The number of hydrogen-bond donors (Lipinski definition) is 4. The second kappa shape index (κ2) is 12.2. The lowest BCUT2D eigenvalue weighted by molar-refractivity contribution is -0.140. The largest absolute Gasteiger partial charge is 0.508 e. The van der Waals surface area contributed by atoms with Gasteiger partial charge in [-0.1, -0.05) is 24.6 Å². The topological polar surface area (TPSA) is 131 Å². The first-order chi connectivity index (χ1) is 18.3. The summed E-state index contributed by atoms with van der Waals surface area (Å²) < 4.78 is 0. The molecule has 8 nitrogen and oxygen atoms in total. The Morgan fingerprint density at radius 1 is 1.21 bits per heavy atom. The second-order valence-corrected chi connectivity index (χ2v) is 10.2. The highest BCUT2D eigenvalue weighted by atomic mass is 35.5. The fourth-order valence-corrected chi connectivity index (χ4v) is 5.94. The zero-order valence-electron chi connectivity index (χ0n) is 21.3. The molecule has 1 aliphatic heterocycles. The molecule has 0 radical (unpaired) electrons. The van der Waals surface area contributed by atoms with E-state index in [1.165, 1.54) is 17.0 Å². The predicted octanol–water partition coefficient (Wildman–Crippen LogP) is 3.43. The van der Waals surface area contributed by atoms with Gasteiger partial charge in [0.05, 0.1) is 41.9 Å². The van der Waals surface area contributed by atoms with Crippen molar-refractivity contribution in [2.24, 2.45) is 17.8 Å². The molecule has 202 valence electrons. The zero-order chi connectivity index (χ0) is 27.4. The molecule has 4 N–H and O–H groups in total. The maximum atomic E-state index is 13.2. The summed E-state index contributed by atoms with van der Waals surface area (Å²) in [7, 11) is 0. The standard InChI is InChI=1S/C29H33ClN2O6/c1-2-11-32-28(37)21-13-19(15-33)26(22(16-34)27(21)29(32)38)25(36)9-7-18(24-5-3-4-10-31-24)12-17-6-8-20(35)14-23(17)30/h3-6,8,10,12,14,21-22,25,27,33-36H,2,7,9,11,13,15-16H2,1H3/b18-12-/t21-,22+,25-,27-/m1/s1. The number of allylic oxidation sites excluding steroid dienone is 1. The van der Waals surface area contributed by atoms with Crippen molar-refractivity contribution in [3.05, 3.63) is 70.0 Å². The van der Waals surface area contributed by atoms with E-state index in [0.717, 1.165) is 5.57 Å². The molecule has 2 heterocycles. The van der Waals surface area contributed by atoms with Crippen molar-refractivity contribution < 1.29 is 30.0 Å². The number of aliphatic hydroxyl groups is 3. The lowest BCUT2D eigenvalue weighted by atomic mass is 9.68. The molecule has 2 aromatic rings. The minimum absolute atomic E-state index is 0.0496. The smallest absolute Gasteiger partial charge is 0.233 e. The third kappa shape index (κ3) is 5.54. The van der Waals surface area contributed by atoms with Crippen LogP contribution < -0.4 is 0 Å². The Morgan fingerprint density at radius 3 is 2.63 bits per heavy atom. The van der Waals surface area contributed by atoms with Crippen molar-refractivity contribution in [3.63, 3.8) is 0 Å². The van der Waals surface area contributed by atoms with Gasteiger partial charge in [-0.2, -0.15) is 0 Å². The van der Waals surface area contributed by atoms with E-state index < -0.39 is 30.5 Å². The van der Waals surface area contributed by atoms with Crippen LogP contribution in [-0.2, 0) is 9.59 Å². The number of rotatable bonds is 10. The maximum Gasteiger partial charge on any atom is 0.233 e.